The van der Waals surface area contributed by atoms with Crippen LogP contribution in [0.25, 0.3) is 0 Å². The van der Waals surface area contributed by atoms with Crippen LogP contribution in [0.3, 0.4) is 0 Å². The van der Waals surface area contributed by atoms with Gasteiger partial charge in [0.2, 0.25) is 5.91 Å². The Morgan fingerprint density at radius 3 is 2.87 bits per heavy atom. The number of aryl methyl sites for hydroxylation is 1. The van der Waals surface area contributed by atoms with Crippen LogP contribution < -0.4 is 11.1 Å². The van der Waals surface area contributed by atoms with Crippen molar-refractivity contribution in [3.05, 3.63) is 12.3 Å². The van der Waals surface area contributed by atoms with Crippen LogP contribution in [0.2, 0.25) is 0 Å². The van der Waals surface area contributed by atoms with Gasteiger partial charge in [0.1, 0.15) is 5.82 Å². The normalized spacial score (nSPS) is 12.9. The molecule has 5 heteroatoms. The minimum Gasteiger partial charge on any atom is -0.320 e. The smallest absolute Gasteiger partial charge is 0.242 e. The maximum atomic E-state index is 11.6. The third kappa shape index (κ3) is 2.79. The number of carbonyl (C=O) groups excluding carboxylic acids is 1. The molecule has 0 aliphatic carbocycles. The van der Waals surface area contributed by atoms with E-state index in [1.165, 1.54) is 0 Å². The molecule has 0 radical (unpaired) electrons. The van der Waals surface area contributed by atoms with Gasteiger partial charge in [-0.1, -0.05) is 13.8 Å². The fourth-order valence-corrected chi connectivity index (χ4v) is 1.20. The highest BCUT2D eigenvalue weighted by molar-refractivity contribution is 5.94. The van der Waals surface area contributed by atoms with E-state index in [1.807, 2.05) is 20.8 Å². The molecule has 0 aromatic carbocycles. The highest BCUT2D eigenvalue weighted by Crippen LogP contribution is 2.08. The molecule has 0 bridgehead atoms. The molecule has 3 N–H and O–H groups in total. The quantitative estimate of drug-likeness (QED) is 0.773. The van der Waals surface area contributed by atoms with Crippen molar-refractivity contribution >= 4 is 11.7 Å². The summed E-state index contributed by atoms with van der Waals surface area (Å²) in [7, 11) is 0. The lowest BCUT2D eigenvalue weighted by Gasteiger charge is -2.15. The maximum Gasteiger partial charge on any atom is 0.242 e. The summed E-state index contributed by atoms with van der Waals surface area (Å²) < 4.78 is 1.71. The van der Waals surface area contributed by atoms with Crippen molar-refractivity contribution in [2.24, 2.45) is 11.7 Å². The standard InChI is InChI=1S/C10H18N4O/c1-4-14-8(5-6-12-14)13-10(15)9(11)7(2)3/h5-7,9H,4,11H2,1-3H3,(H,13,15)/t9-/m1/s1. The number of carbonyl (C=O) groups is 1. The van der Waals surface area contributed by atoms with E-state index in [0.29, 0.717) is 5.82 Å². The van der Waals surface area contributed by atoms with Crippen molar-refractivity contribution in [3.8, 4) is 0 Å². The van der Waals surface area contributed by atoms with Gasteiger partial charge in [-0.05, 0) is 12.8 Å². The number of anilines is 1. The molecule has 0 fully saturated rings. The minimum atomic E-state index is -0.481. The van der Waals surface area contributed by atoms with Crippen LogP contribution in [-0.2, 0) is 11.3 Å². The minimum absolute atomic E-state index is 0.128. The zero-order valence-electron chi connectivity index (χ0n) is 9.40. The number of rotatable bonds is 4. The van der Waals surface area contributed by atoms with Crippen LogP contribution in [-0.4, -0.2) is 21.7 Å². The summed E-state index contributed by atoms with van der Waals surface area (Å²) in [6.45, 7) is 6.52. The Morgan fingerprint density at radius 1 is 1.67 bits per heavy atom. The summed E-state index contributed by atoms with van der Waals surface area (Å²) in [5.74, 6) is 0.654. The molecule has 1 amide bonds. The number of amides is 1. The summed E-state index contributed by atoms with van der Waals surface area (Å²) >= 11 is 0. The molecule has 0 aliphatic rings. The molecule has 0 unspecified atom stereocenters. The molecule has 0 aliphatic heterocycles. The van der Waals surface area contributed by atoms with Gasteiger partial charge >= 0.3 is 0 Å². The first-order valence-electron chi connectivity index (χ1n) is 5.14. The molecular formula is C10H18N4O. The predicted molar refractivity (Wildman–Crippen MR) is 59.3 cm³/mol. The van der Waals surface area contributed by atoms with Gasteiger partial charge in [-0.15, -0.1) is 0 Å². The largest absolute Gasteiger partial charge is 0.320 e. The fraction of sp³-hybridized carbons (Fsp3) is 0.600. The average Bonchev–Trinajstić information content (AvgIpc) is 2.63. The van der Waals surface area contributed by atoms with Crippen molar-refractivity contribution in [1.82, 2.24) is 9.78 Å². The maximum absolute atomic E-state index is 11.6. The molecule has 5 nitrogen and oxygen atoms in total. The highest BCUT2D eigenvalue weighted by Gasteiger charge is 2.18. The van der Waals surface area contributed by atoms with Gasteiger partial charge in [-0.2, -0.15) is 5.10 Å². The second-order valence-corrected chi connectivity index (χ2v) is 3.79. The topological polar surface area (TPSA) is 72.9 Å². The van der Waals surface area contributed by atoms with E-state index in [9.17, 15) is 4.79 Å². The Hall–Kier alpha value is -1.36. The van der Waals surface area contributed by atoms with Gasteiger partial charge < -0.3 is 11.1 Å². The summed E-state index contributed by atoms with van der Waals surface area (Å²) in [5, 5.41) is 6.81. The van der Waals surface area contributed by atoms with Gasteiger partial charge in [-0.25, -0.2) is 4.68 Å². The highest BCUT2D eigenvalue weighted by atomic mass is 16.2. The van der Waals surface area contributed by atoms with Gasteiger partial charge in [0, 0.05) is 12.6 Å². The molecule has 1 aromatic heterocycles. The van der Waals surface area contributed by atoms with Gasteiger partial charge in [-0.3, -0.25) is 4.79 Å². The van der Waals surface area contributed by atoms with E-state index in [2.05, 4.69) is 10.4 Å². The van der Waals surface area contributed by atoms with E-state index in [4.69, 9.17) is 5.73 Å². The van der Waals surface area contributed by atoms with Gasteiger partial charge in [0.15, 0.2) is 0 Å². The third-order valence-corrected chi connectivity index (χ3v) is 2.29. The van der Waals surface area contributed by atoms with E-state index in [0.717, 1.165) is 6.54 Å². The predicted octanol–water partition coefficient (Wildman–Crippen LogP) is 0.825. The second kappa shape index (κ2) is 4.93. The summed E-state index contributed by atoms with van der Waals surface area (Å²) in [6.07, 6.45) is 1.65. The molecule has 84 valence electrons. The SMILES string of the molecule is CCn1nccc1NC(=O)[C@H](N)C(C)C. The first-order valence-corrected chi connectivity index (χ1v) is 5.14. The third-order valence-electron chi connectivity index (χ3n) is 2.29. The number of nitrogens with two attached hydrogens (primary N) is 1. The average molecular weight is 210 g/mol. The fourth-order valence-electron chi connectivity index (χ4n) is 1.20. The van der Waals surface area contributed by atoms with Crippen molar-refractivity contribution in [3.63, 3.8) is 0 Å². The van der Waals surface area contributed by atoms with Crippen LogP contribution in [0.4, 0.5) is 5.82 Å². The zero-order valence-corrected chi connectivity index (χ0v) is 9.40. The zero-order chi connectivity index (χ0) is 11.4. The van der Waals surface area contributed by atoms with E-state index in [1.54, 1.807) is 16.9 Å². The summed E-state index contributed by atoms with van der Waals surface area (Å²) in [4.78, 5) is 11.6. The Morgan fingerprint density at radius 2 is 2.33 bits per heavy atom. The van der Waals surface area contributed by atoms with Crippen molar-refractivity contribution in [1.29, 1.82) is 0 Å². The number of hydrogen-bond acceptors (Lipinski definition) is 3. The monoisotopic (exact) mass is 210 g/mol. The second-order valence-electron chi connectivity index (χ2n) is 3.79. The molecule has 1 aromatic rings. The Labute approximate surface area is 89.6 Å². The van der Waals surface area contributed by atoms with Crippen molar-refractivity contribution < 1.29 is 4.79 Å². The Kier molecular flexibility index (Phi) is 3.85. The van der Waals surface area contributed by atoms with Crippen LogP contribution in [0.1, 0.15) is 20.8 Å². The van der Waals surface area contributed by atoms with Crippen LogP contribution >= 0.6 is 0 Å². The molecule has 1 heterocycles. The molecule has 0 saturated heterocycles. The van der Waals surface area contributed by atoms with E-state index >= 15 is 0 Å². The molecule has 15 heavy (non-hydrogen) atoms. The van der Waals surface area contributed by atoms with Gasteiger partial charge in [0.05, 0.1) is 12.2 Å². The van der Waals surface area contributed by atoms with E-state index in [-0.39, 0.29) is 11.8 Å². The van der Waals surface area contributed by atoms with Crippen molar-refractivity contribution in [2.45, 2.75) is 33.4 Å². The lowest BCUT2D eigenvalue weighted by molar-refractivity contribution is -0.118. The lowest BCUT2D eigenvalue weighted by atomic mass is 10.1. The van der Waals surface area contributed by atoms with Gasteiger partial charge in [0.25, 0.3) is 0 Å². The lowest BCUT2D eigenvalue weighted by Crippen LogP contribution is -2.40. The number of nitrogens with one attached hydrogen (secondary N) is 1. The molecule has 0 saturated carbocycles. The number of aromatic nitrogens is 2. The first kappa shape index (κ1) is 11.7. The molecule has 1 atom stereocenters. The molecule has 0 spiro atoms. The van der Waals surface area contributed by atoms with E-state index < -0.39 is 6.04 Å². The van der Waals surface area contributed by atoms with Crippen LogP contribution in [0.5, 0.6) is 0 Å². The Bertz CT molecular complexity index is 332. The van der Waals surface area contributed by atoms with Crippen LogP contribution in [0.15, 0.2) is 12.3 Å². The van der Waals surface area contributed by atoms with Crippen LogP contribution in [0, 0.1) is 5.92 Å². The summed E-state index contributed by atoms with van der Waals surface area (Å²) in [6, 6.07) is 1.28. The van der Waals surface area contributed by atoms with Crippen molar-refractivity contribution in [2.75, 3.05) is 5.32 Å². The number of hydrogen-bond donors (Lipinski definition) is 2. The first-order chi connectivity index (χ1) is 7.06. The Balaban J connectivity index is 2.66. The summed E-state index contributed by atoms with van der Waals surface area (Å²) in [5.41, 5.74) is 5.73. The number of nitrogens with zero attached hydrogens (tertiary/aromatic N) is 2. The molecule has 1 rings (SSSR count). The molecular weight excluding hydrogens is 192 g/mol.